The number of unbranched alkanes of at least 4 members (excludes halogenated alkanes) is 1. The number of rotatable bonds is 6. The molecule has 1 heterocycles. The number of aliphatic hydroxyl groups is 1. The van der Waals surface area contributed by atoms with Gasteiger partial charge in [-0.1, -0.05) is 0 Å². The van der Waals surface area contributed by atoms with Gasteiger partial charge in [0.2, 0.25) is 0 Å². The Morgan fingerprint density at radius 2 is 1.85 bits per heavy atom. The van der Waals surface area contributed by atoms with Gasteiger partial charge >= 0.3 is 0 Å². The molecule has 0 bridgehead atoms. The number of nitrogens with zero attached hydrogens (tertiary/aromatic N) is 1. The van der Waals surface area contributed by atoms with E-state index < -0.39 is 0 Å². The maximum absolute atomic E-state index is 12.9. The minimum atomic E-state index is -0.305. The topological polar surface area (TPSA) is 40.5 Å². The van der Waals surface area contributed by atoms with Gasteiger partial charge in [0.1, 0.15) is 5.82 Å². The van der Waals surface area contributed by atoms with Crippen LogP contribution in [-0.2, 0) is 0 Å². The second-order valence-corrected chi connectivity index (χ2v) is 5.42. The van der Waals surface area contributed by atoms with E-state index in [1.807, 2.05) is 0 Å². The Kier molecular flexibility index (Phi) is 5.68. The zero-order chi connectivity index (χ0) is 14.4. The third kappa shape index (κ3) is 4.12. The Labute approximate surface area is 119 Å². The zero-order valence-corrected chi connectivity index (χ0v) is 11.7. The summed E-state index contributed by atoms with van der Waals surface area (Å²) in [5.74, 6) is -0.102. The average molecular weight is 279 g/mol. The Morgan fingerprint density at radius 1 is 1.20 bits per heavy atom. The molecule has 4 heteroatoms. The van der Waals surface area contributed by atoms with E-state index >= 15 is 0 Å². The number of ketones is 1. The average Bonchev–Trinajstić information content (AvgIpc) is 2.48. The quantitative estimate of drug-likeness (QED) is 0.642. The number of halogens is 1. The summed E-state index contributed by atoms with van der Waals surface area (Å²) in [6.07, 6.45) is 3.59. The highest BCUT2D eigenvalue weighted by Gasteiger charge is 2.25. The molecule has 110 valence electrons. The SMILES string of the molecule is O=C(c1ccc(F)cc1)C1CCN(CCCCO)CC1. The highest BCUT2D eigenvalue weighted by Crippen LogP contribution is 2.22. The first-order valence-electron chi connectivity index (χ1n) is 7.33. The van der Waals surface area contributed by atoms with Crippen LogP contribution in [0.15, 0.2) is 24.3 Å². The number of hydrogen-bond donors (Lipinski definition) is 1. The minimum absolute atomic E-state index is 0.0644. The number of piperidine rings is 1. The van der Waals surface area contributed by atoms with Crippen LogP contribution in [0.3, 0.4) is 0 Å². The summed E-state index contributed by atoms with van der Waals surface area (Å²) in [6.45, 7) is 3.11. The van der Waals surface area contributed by atoms with Crippen molar-refractivity contribution in [3.8, 4) is 0 Å². The zero-order valence-electron chi connectivity index (χ0n) is 11.7. The minimum Gasteiger partial charge on any atom is -0.396 e. The van der Waals surface area contributed by atoms with Crippen molar-refractivity contribution in [2.24, 2.45) is 5.92 Å². The van der Waals surface area contributed by atoms with Crippen molar-refractivity contribution in [3.63, 3.8) is 0 Å². The standard InChI is InChI=1S/C16H22FNO2/c17-15-5-3-13(4-6-15)16(20)14-7-10-18(11-8-14)9-1-2-12-19/h3-6,14,19H,1-2,7-12H2. The van der Waals surface area contributed by atoms with Crippen molar-refractivity contribution in [2.75, 3.05) is 26.2 Å². The van der Waals surface area contributed by atoms with Crippen LogP contribution >= 0.6 is 0 Å². The number of Topliss-reactive ketones (excluding diaryl/α,β-unsaturated/α-hetero) is 1. The van der Waals surface area contributed by atoms with Crippen molar-refractivity contribution in [1.29, 1.82) is 0 Å². The van der Waals surface area contributed by atoms with Gasteiger partial charge in [0.15, 0.2) is 5.78 Å². The van der Waals surface area contributed by atoms with E-state index in [-0.39, 0.29) is 24.1 Å². The lowest BCUT2D eigenvalue weighted by molar-refractivity contribution is 0.0838. The number of hydrogen-bond acceptors (Lipinski definition) is 3. The Morgan fingerprint density at radius 3 is 2.45 bits per heavy atom. The smallest absolute Gasteiger partial charge is 0.166 e. The highest BCUT2D eigenvalue weighted by molar-refractivity contribution is 5.97. The molecule has 1 N–H and O–H groups in total. The molecule has 1 aliphatic rings. The molecule has 0 aromatic heterocycles. The van der Waals surface area contributed by atoms with Crippen LogP contribution in [0.1, 0.15) is 36.0 Å². The van der Waals surface area contributed by atoms with Gasteiger partial charge in [-0.05, 0) is 69.6 Å². The molecule has 1 saturated heterocycles. The van der Waals surface area contributed by atoms with E-state index in [0.717, 1.165) is 45.3 Å². The fraction of sp³-hybridized carbons (Fsp3) is 0.562. The van der Waals surface area contributed by atoms with Crippen molar-refractivity contribution in [3.05, 3.63) is 35.6 Å². The van der Waals surface area contributed by atoms with Crippen LogP contribution in [0.25, 0.3) is 0 Å². The summed E-state index contributed by atoms with van der Waals surface area (Å²) in [7, 11) is 0. The van der Waals surface area contributed by atoms with Gasteiger partial charge in [0.05, 0.1) is 0 Å². The van der Waals surface area contributed by atoms with E-state index in [0.29, 0.717) is 5.56 Å². The lowest BCUT2D eigenvalue weighted by Crippen LogP contribution is -2.37. The largest absolute Gasteiger partial charge is 0.396 e. The van der Waals surface area contributed by atoms with E-state index in [1.165, 1.54) is 12.1 Å². The second kappa shape index (κ2) is 7.50. The molecule has 0 amide bonds. The first-order chi connectivity index (χ1) is 9.70. The monoisotopic (exact) mass is 279 g/mol. The predicted molar refractivity (Wildman–Crippen MR) is 76.2 cm³/mol. The lowest BCUT2D eigenvalue weighted by atomic mass is 9.89. The molecule has 1 aromatic rings. The van der Waals surface area contributed by atoms with Gasteiger partial charge in [-0.2, -0.15) is 0 Å². The fourth-order valence-electron chi connectivity index (χ4n) is 2.72. The summed E-state index contributed by atoms with van der Waals surface area (Å²) in [4.78, 5) is 14.7. The molecule has 20 heavy (non-hydrogen) atoms. The third-order valence-corrected chi connectivity index (χ3v) is 3.97. The number of carbonyl (C=O) groups excluding carboxylic acids is 1. The molecule has 0 aliphatic carbocycles. The van der Waals surface area contributed by atoms with Gasteiger partial charge in [-0.3, -0.25) is 4.79 Å². The van der Waals surface area contributed by atoms with Crippen LogP contribution < -0.4 is 0 Å². The molecule has 1 aliphatic heterocycles. The molecule has 1 fully saturated rings. The lowest BCUT2D eigenvalue weighted by Gasteiger charge is -2.31. The normalized spacial score (nSPS) is 17.3. The Hall–Kier alpha value is -1.26. The van der Waals surface area contributed by atoms with Crippen LogP contribution in [-0.4, -0.2) is 42.0 Å². The summed E-state index contributed by atoms with van der Waals surface area (Å²) in [5, 5.41) is 8.77. The number of likely N-dealkylation sites (tertiary alicyclic amines) is 1. The number of aliphatic hydroxyl groups excluding tert-OH is 1. The van der Waals surface area contributed by atoms with Gasteiger partial charge in [0.25, 0.3) is 0 Å². The van der Waals surface area contributed by atoms with Gasteiger partial charge in [0, 0.05) is 18.1 Å². The van der Waals surface area contributed by atoms with Crippen LogP contribution in [0.4, 0.5) is 4.39 Å². The first-order valence-corrected chi connectivity index (χ1v) is 7.33. The summed E-state index contributed by atoms with van der Waals surface area (Å²) < 4.78 is 12.9. The molecular weight excluding hydrogens is 257 g/mol. The van der Waals surface area contributed by atoms with Gasteiger partial charge in [-0.25, -0.2) is 4.39 Å². The van der Waals surface area contributed by atoms with E-state index in [4.69, 9.17) is 5.11 Å². The number of benzene rings is 1. The third-order valence-electron chi connectivity index (χ3n) is 3.97. The molecule has 0 unspecified atom stereocenters. The molecule has 0 saturated carbocycles. The Balaban J connectivity index is 1.81. The predicted octanol–water partition coefficient (Wildman–Crippen LogP) is 2.49. The maximum Gasteiger partial charge on any atom is 0.166 e. The molecule has 2 rings (SSSR count). The molecular formula is C16H22FNO2. The first kappa shape index (κ1) is 15.1. The second-order valence-electron chi connectivity index (χ2n) is 5.42. The molecule has 3 nitrogen and oxygen atoms in total. The van der Waals surface area contributed by atoms with E-state index in [1.54, 1.807) is 12.1 Å². The Bertz CT molecular complexity index is 425. The molecule has 0 atom stereocenters. The van der Waals surface area contributed by atoms with Gasteiger partial charge in [-0.15, -0.1) is 0 Å². The van der Waals surface area contributed by atoms with Crippen molar-refractivity contribution in [1.82, 2.24) is 4.90 Å². The summed E-state index contributed by atoms with van der Waals surface area (Å²) in [5.41, 5.74) is 0.616. The highest BCUT2D eigenvalue weighted by atomic mass is 19.1. The van der Waals surface area contributed by atoms with Gasteiger partial charge < -0.3 is 10.0 Å². The van der Waals surface area contributed by atoms with Crippen LogP contribution in [0, 0.1) is 11.7 Å². The van der Waals surface area contributed by atoms with Crippen LogP contribution in [0.2, 0.25) is 0 Å². The van der Waals surface area contributed by atoms with Crippen LogP contribution in [0.5, 0.6) is 0 Å². The number of carbonyl (C=O) groups is 1. The van der Waals surface area contributed by atoms with Crippen molar-refractivity contribution >= 4 is 5.78 Å². The molecule has 1 aromatic carbocycles. The van der Waals surface area contributed by atoms with Crippen molar-refractivity contribution < 1.29 is 14.3 Å². The summed E-state index contributed by atoms with van der Waals surface area (Å²) >= 11 is 0. The van der Waals surface area contributed by atoms with Crippen molar-refractivity contribution in [2.45, 2.75) is 25.7 Å². The van der Waals surface area contributed by atoms with E-state index in [9.17, 15) is 9.18 Å². The summed E-state index contributed by atoms with van der Waals surface area (Å²) in [6, 6.07) is 5.84. The maximum atomic E-state index is 12.9. The molecule has 0 spiro atoms. The molecule has 0 radical (unpaired) electrons. The fourth-order valence-corrected chi connectivity index (χ4v) is 2.72. The van der Waals surface area contributed by atoms with E-state index in [2.05, 4.69) is 4.90 Å².